The van der Waals surface area contributed by atoms with E-state index >= 15 is 0 Å². The Bertz CT molecular complexity index is 2000. The first-order valence-electron chi connectivity index (χ1n) is 15.1. The number of hydrogen-bond donors (Lipinski definition) is 3. The molecule has 1 aromatic carbocycles. The molecule has 0 unspecified atom stereocenters. The summed E-state index contributed by atoms with van der Waals surface area (Å²) in [6.07, 6.45) is 10.3. The molecule has 3 N–H and O–H groups in total. The minimum Gasteiger partial charge on any atom is -0.492 e. The van der Waals surface area contributed by atoms with Crippen molar-refractivity contribution in [1.29, 1.82) is 0 Å². The van der Waals surface area contributed by atoms with E-state index in [1.54, 1.807) is 24.8 Å². The maximum absolute atomic E-state index is 14.8. The monoisotopic (exact) mass is 605 g/mol. The zero-order valence-corrected chi connectivity index (χ0v) is 24.8. The molecule has 0 radical (unpaired) electrons. The van der Waals surface area contributed by atoms with Crippen LogP contribution in [0.1, 0.15) is 32.6 Å². The SMILES string of the molecule is CCCC(=O)Nc1cncc(-c2cc3c(-c4nc5c(-c6cc(F)cc(OCCN7CCCC7)c6)ccnc5[nH]4)n[nH]c3cn2)c1. The van der Waals surface area contributed by atoms with Gasteiger partial charge in [0.25, 0.3) is 0 Å². The van der Waals surface area contributed by atoms with Crippen LogP contribution in [-0.2, 0) is 4.79 Å². The van der Waals surface area contributed by atoms with Crippen molar-refractivity contribution in [1.82, 2.24) is 40.0 Å². The largest absolute Gasteiger partial charge is 0.492 e. The summed E-state index contributed by atoms with van der Waals surface area (Å²) in [5, 5.41) is 11.2. The summed E-state index contributed by atoms with van der Waals surface area (Å²) >= 11 is 0. The van der Waals surface area contributed by atoms with Crippen molar-refractivity contribution in [2.75, 3.05) is 31.6 Å². The summed E-state index contributed by atoms with van der Waals surface area (Å²) in [5.74, 6) is 0.540. The Kier molecular flexibility index (Phi) is 7.87. The number of likely N-dealkylation sites (tertiary alicyclic amines) is 1. The number of amides is 1. The zero-order chi connectivity index (χ0) is 30.8. The second kappa shape index (κ2) is 12.4. The quantitative estimate of drug-likeness (QED) is 0.174. The highest BCUT2D eigenvalue weighted by atomic mass is 19.1. The van der Waals surface area contributed by atoms with Gasteiger partial charge in [0.2, 0.25) is 5.91 Å². The number of pyridine rings is 3. The molecule has 12 heteroatoms. The number of anilines is 1. The number of carbonyl (C=O) groups excluding carboxylic acids is 1. The molecule has 7 rings (SSSR count). The van der Waals surface area contributed by atoms with Gasteiger partial charge in [-0.2, -0.15) is 5.10 Å². The first-order chi connectivity index (χ1) is 22.0. The van der Waals surface area contributed by atoms with Crippen molar-refractivity contribution in [3.8, 4) is 39.7 Å². The van der Waals surface area contributed by atoms with Crippen LogP contribution in [0.15, 0.2) is 61.2 Å². The minimum atomic E-state index is -0.383. The van der Waals surface area contributed by atoms with E-state index in [0.717, 1.165) is 48.1 Å². The highest BCUT2D eigenvalue weighted by molar-refractivity contribution is 5.97. The van der Waals surface area contributed by atoms with Gasteiger partial charge >= 0.3 is 0 Å². The second-order valence-electron chi connectivity index (χ2n) is 11.2. The van der Waals surface area contributed by atoms with Gasteiger partial charge in [0.1, 0.15) is 29.4 Å². The summed E-state index contributed by atoms with van der Waals surface area (Å²) in [6, 6.07) is 10.3. The number of nitrogens with one attached hydrogen (secondary N) is 3. The fraction of sp³-hybridized carbons (Fsp3) is 0.273. The number of aromatic amines is 2. The van der Waals surface area contributed by atoms with Gasteiger partial charge in [-0.25, -0.2) is 14.4 Å². The molecule has 0 spiro atoms. The van der Waals surface area contributed by atoms with Gasteiger partial charge in [-0.05, 0) is 68.2 Å². The van der Waals surface area contributed by atoms with Crippen LogP contribution in [0.25, 0.3) is 56.0 Å². The summed E-state index contributed by atoms with van der Waals surface area (Å²) in [5.41, 5.74) is 5.84. The van der Waals surface area contributed by atoms with E-state index < -0.39 is 0 Å². The molecule has 6 heterocycles. The highest BCUT2D eigenvalue weighted by Gasteiger charge is 2.18. The average molecular weight is 606 g/mol. The van der Waals surface area contributed by atoms with Crippen molar-refractivity contribution in [2.45, 2.75) is 32.6 Å². The number of aromatic nitrogens is 7. The molecule has 1 amide bonds. The molecule has 5 aromatic heterocycles. The Labute approximate surface area is 258 Å². The fourth-order valence-corrected chi connectivity index (χ4v) is 5.71. The predicted octanol–water partition coefficient (Wildman–Crippen LogP) is 5.98. The molecule has 1 aliphatic heterocycles. The first kappa shape index (κ1) is 28.5. The number of carbonyl (C=O) groups is 1. The third kappa shape index (κ3) is 6.09. The van der Waals surface area contributed by atoms with E-state index in [-0.39, 0.29) is 11.7 Å². The summed E-state index contributed by atoms with van der Waals surface area (Å²) in [4.78, 5) is 36.0. The molecule has 1 fully saturated rings. The van der Waals surface area contributed by atoms with E-state index in [4.69, 9.17) is 9.72 Å². The second-order valence-corrected chi connectivity index (χ2v) is 11.2. The first-order valence-corrected chi connectivity index (χ1v) is 15.1. The third-order valence-corrected chi connectivity index (χ3v) is 7.91. The molecule has 0 bridgehead atoms. The number of halogens is 1. The number of nitrogens with zero attached hydrogens (tertiary/aromatic N) is 6. The lowest BCUT2D eigenvalue weighted by Crippen LogP contribution is -2.25. The van der Waals surface area contributed by atoms with E-state index in [9.17, 15) is 9.18 Å². The Morgan fingerprint density at radius 3 is 2.82 bits per heavy atom. The minimum absolute atomic E-state index is 0.0608. The summed E-state index contributed by atoms with van der Waals surface area (Å²) < 4.78 is 20.7. The van der Waals surface area contributed by atoms with Crippen molar-refractivity contribution in [3.63, 3.8) is 0 Å². The predicted molar refractivity (Wildman–Crippen MR) is 170 cm³/mol. The topological polar surface area (TPSA) is 138 Å². The molecular formula is C33H32FN9O2. The number of benzene rings is 1. The molecule has 1 saturated heterocycles. The summed E-state index contributed by atoms with van der Waals surface area (Å²) in [6.45, 7) is 5.44. The number of ether oxygens (including phenoxy) is 1. The van der Waals surface area contributed by atoms with Crippen LogP contribution in [-0.4, -0.2) is 72.2 Å². The lowest BCUT2D eigenvalue weighted by Gasteiger charge is -2.15. The molecule has 6 aromatic rings. The maximum Gasteiger partial charge on any atom is 0.224 e. The average Bonchev–Trinajstić information content (AvgIpc) is 3.80. The number of H-pyrrole nitrogens is 2. The van der Waals surface area contributed by atoms with E-state index in [1.807, 2.05) is 31.2 Å². The van der Waals surface area contributed by atoms with E-state index in [1.165, 1.54) is 25.0 Å². The molecule has 0 aliphatic carbocycles. The van der Waals surface area contributed by atoms with Crippen molar-refractivity contribution < 1.29 is 13.9 Å². The van der Waals surface area contributed by atoms with Crippen molar-refractivity contribution >= 4 is 33.7 Å². The van der Waals surface area contributed by atoms with E-state index in [0.29, 0.717) is 58.4 Å². The molecule has 1 aliphatic rings. The van der Waals surface area contributed by atoms with Gasteiger partial charge in [-0.15, -0.1) is 0 Å². The fourth-order valence-electron chi connectivity index (χ4n) is 5.71. The zero-order valence-electron chi connectivity index (χ0n) is 24.8. The highest BCUT2D eigenvalue weighted by Crippen LogP contribution is 2.33. The molecule has 0 saturated carbocycles. The van der Waals surface area contributed by atoms with Crippen LogP contribution in [0.4, 0.5) is 10.1 Å². The molecule has 228 valence electrons. The normalized spacial score (nSPS) is 13.6. The molecule has 0 atom stereocenters. The van der Waals surface area contributed by atoms with Crippen LogP contribution in [0, 0.1) is 5.82 Å². The smallest absolute Gasteiger partial charge is 0.224 e. The van der Waals surface area contributed by atoms with Crippen LogP contribution in [0.5, 0.6) is 5.75 Å². The van der Waals surface area contributed by atoms with Gasteiger partial charge in [-0.3, -0.25) is 24.8 Å². The Balaban J connectivity index is 1.19. The van der Waals surface area contributed by atoms with Crippen molar-refractivity contribution in [2.24, 2.45) is 0 Å². The van der Waals surface area contributed by atoms with Gasteiger partial charge in [0, 0.05) is 47.9 Å². The van der Waals surface area contributed by atoms with E-state index in [2.05, 4.69) is 40.3 Å². The summed E-state index contributed by atoms with van der Waals surface area (Å²) in [7, 11) is 0. The number of rotatable bonds is 10. The Morgan fingerprint density at radius 1 is 1.07 bits per heavy atom. The van der Waals surface area contributed by atoms with Crippen LogP contribution in [0.2, 0.25) is 0 Å². The van der Waals surface area contributed by atoms with Gasteiger partial charge in [0.15, 0.2) is 11.5 Å². The number of imidazole rings is 1. The van der Waals surface area contributed by atoms with Gasteiger partial charge in [0.05, 0.1) is 29.3 Å². The van der Waals surface area contributed by atoms with Gasteiger partial charge in [-0.1, -0.05) is 6.92 Å². The van der Waals surface area contributed by atoms with Crippen LogP contribution in [0.3, 0.4) is 0 Å². The van der Waals surface area contributed by atoms with Gasteiger partial charge < -0.3 is 15.0 Å². The third-order valence-electron chi connectivity index (χ3n) is 7.91. The number of hydrogen-bond acceptors (Lipinski definition) is 8. The van der Waals surface area contributed by atoms with Crippen LogP contribution >= 0.6 is 0 Å². The lowest BCUT2D eigenvalue weighted by molar-refractivity contribution is -0.116. The molecule has 11 nitrogen and oxygen atoms in total. The number of fused-ring (bicyclic) bond motifs is 2. The molecule has 45 heavy (non-hydrogen) atoms. The Hall–Kier alpha value is -5.23. The Morgan fingerprint density at radius 2 is 1.96 bits per heavy atom. The van der Waals surface area contributed by atoms with Crippen LogP contribution < -0.4 is 10.1 Å². The standard InChI is InChI=1S/C33H32FN9O2/c1-2-5-29(44)38-23-13-21(17-35-18-23)27-16-26-28(19-37-27)41-42-31(26)33-39-30-25(6-7-36-32(30)40-33)20-12-22(34)15-24(14-20)45-11-10-43-8-3-4-9-43/h6-7,12-19H,2-5,8-11H2,1H3,(H,38,44)(H,41,42)(H,36,39,40). The maximum atomic E-state index is 14.8. The lowest BCUT2D eigenvalue weighted by atomic mass is 10.1. The molecular weight excluding hydrogens is 573 g/mol. The van der Waals surface area contributed by atoms with Crippen molar-refractivity contribution in [3.05, 3.63) is 67.0 Å².